The molecule has 6 nitrogen and oxygen atoms in total. The maximum absolute atomic E-state index is 12.6. The average molecular weight is 347 g/mol. The van der Waals surface area contributed by atoms with Gasteiger partial charge in [0.05, 0.1) is 11.4 Å². The van der Waals surface area contributed by atoms with Gasteiger partial charge in [0.15, 0.2) is 0 Å². The Bertz CT molecular complexity index is 824. The van der Waals surface area contributed by atoms with E-state index in [0.29, 0.717) is 33.6 Å². The molecule has 0 bridgehead atoms. The molecule has 0 spiro atoms. The number of hydrogen-bond acceptors (Lipinski definition) is 5. The number of rotatable bonds is 5. The molecule has 0 saturated carbocycles. The summed E-state index contributed by atoms with van der Waals surface area (Å²) in [5, 5.41) is 13.5. The van der Waals surface area contributed by atoms with Gasteiger partial charge in [-0.15, -0.1) is 5.10 Å². The third-order valence-corrected chi connectivity index (χ3v) is 3.88. The van der Waals surface area contributed by atoms with E-state index in [2.05, 4.69) is 20.8 Å². The lowest BCUT2D eigenvalue weighted by Crippen LogP contribution is -2.12. The Labute approximate surface area is 139 Å². The first-order valence-corrected chi connectivity index (χ1v) is 7.70. The van der Waals surface area contributed by atoms with E-state index in [0.717, 1.165) is 0 Å². The van der Waals surface area contributed by atoms with Gasteiger partial charge in [-0.1, -0.05) is 23.9 Å². The number of carbonyl (C=O) groups excluding carboxylic acids is 1. The first-order valence-electron chi connectivity index (χ1n) is 6.82. The van der Waals surface area contributed by atoms with Gasteiger partial charge in [-0.2, -0.15) is 8.78 Å². The molecule has 0 aliphatic heterocycles. The van der Waals surface area contributed by atoms with Gasteiger partial charge in [-0.25, -0.2) is 4.68 Å². The maximum Gasteiger partial charge on any atom is 0.288 e. The highest BCUT2D eigenvalue weighted by Crippen LogP contribution is 2.31. The van der Waals surface area contributed by atoms with E-state index >= 15 is 0 Å². The summed E-state index contributed by atoms with van der Waals surface area (Å²) in [5.74, 6) is -2.95. The molecule has 1 aromatic heterocycles. The van der Waals surface area contributed by atoms with Gasteiger partial charge in [-0.05, 0) is 46.8 Å². The smallest absolute Gasteiger partial charge is 0.288 e. The number of aromatic nitrogens is 4. The minimum absolute atomic E-state index is 0.311. The number of thioether (sulfide) groups is 1. The van der Waals surface area contributed by atoms with E-state index in [1.54, 1.807) is 42.5 Å². The Morgan fingerprint density at radius 3 is 2.54 bits per heavy atom. The Morgan fingerprint density at radius 1 is 1.12 bits per heavy atom. The topological polar surface area (TPSA) is 72.7 Å². The van der Waals surface area contributed by atoms with Gasteiger partial charge in [0.25, 0.3) is 11.7 Å². The van der Waals surface area contributed by atoms with Gasteiger partial charge >= 0.3 is 0 Å². The highest BCUT2D eigenvalue weighted by molar-refractivity contribution is 7.99. The maximum atomic E-state index is 12.6. The summed E-state index contributed by atoms with van der Waals surface area (Å²) in [6.07, 6.45) is 1.44. The zero-order valence-electron chi connectivity index (χ0n) is 12.1. The summed E-state index contributed by atoms with van der Waals surface area (Å²) >= 11 is 0.389. The standard InChI is InChI=1S/C15H11F2N5OS/c16-15(17)24-13-4-2-1-3-12(13)19-14(23)10-5-7-11(8-6-10)22-9-18-20-21-22/h1-9,15H,(H,19,23). The molecule has 0 aliphatic rings. The van der Waals surface area contributed by atoms with Gasteiger partial charge in [0.2, 0.25) is 0 Å². The van der Waals surface area contributed by atoms with Gasteiger partial charge in [0.1, 0.15) is 6.33 Å². The molecule has 1 heterocycles. The van der Waals surface area contributed by atoms with Crippen LogP contribution in [0.4, 0.5) is 14.5 Å². The molecule has 0 aliphatic carbocycles. The first-order chi connectivity index (χ1) is 11.6. The minimum Gasteiger partial charge on any atom is -0.321 e. The van der Waals surface area contributed by atoms with Crippen LogP contribution >= 0.6 is 11.8 Å². The Hall–Kier alpha value is -2.81. The summed E-state index contributed by atoms with van der Waals surface area (Å²) in [6, 6.07) is 13.0. The summed E-state index contributed by atoms with van der Waals surface area (Å²) in [4.78, 5) is 12.6. The van der Waals surface area contributed by atoms with Crippen LogP contribution in [0.5, 0.6) is 0 Å². The van der Waals surface area contributed by atoms with Crippen LogP contribution in [0.15, 0.2) is 59.8 Å². The van der Waals surface area contributed by atoms with Crippen molar-refractivity contribution in [3.63, 3.8) is 0 Å². The summed E-state index contributed by atoms with van der Waals surface area (Å²) < 4.78 is 26.6. The van der Waals surface area contributed by atoms with Crippen LogP contribution in [0.2, 0.25) is 0 Å². The van der Waals surface area contributed by atoms with Crippen LogP contribution in [0.25, 0.3) is 5.69 Å². The number of carbonyl (C=O) groups is 1. The van der Waals surface area contributed by atoms with Crippen molar-refractivity contribution in [1.29, 1.82) is 0 Å². The number of hydrogen-bond donors (Lipinski definition) is 1. The second-order valence-corrected chi connectivity index (χ2v) is 5.66. The van der Waals surface area contributed by atoms with Crippen molar-refractivity contribution in [2.24, 2.45) is 0 Å². The molecule has 0 saturated heterocycles. The number of anilines is 1. The van der Waals surface area contributed by atoms with Crippen LogP contribution in [-0.2, 0) is 0 Å². The molecule has 0 unspecified atom stereocenters. The van der Waals surface area contributed by atoms with Gasteiger partial charge in [0, 0.05) is 10.5 Å². The molecule has 0 radical (unpaired) electrons. The molecule has 3 rings (SSSR count). The monoisotopic (exact) mass is 347 g/mol. The SMILES string of the molecule is O=C(Nc1ccccc1SC(F)F)c1ccc(-n2cnnn2)cc1. The largest absolute Gasteiger partial charge is 0.321 e. The van der Waals surface area contributed by atoms with E-state index in [4.69, 9.17) is 0 Å². The molecular weight excluding hydrogens is 336 g/mol. The quantitative estimate of drug-likeness (QED) is 0.718. The van der Waals surface area contributed by atoms with Crippen molar-refractivity contribution in [3.05, 3.63) is 60.4 Å². The van der Waals surface area contributed by atoms with Crippen LogP contribution < -0.4 is 5.32 Å². The first kappa shape index (κ1) is 16.1. The molecule has 0 fully saturated rings. The number of para-hydroxylation sites is 1. The molecule has 1 N–H and O–H groups in total. The Kier molecular flexibility index (Phi) is 4.80. The van der Waals surface area contributed by atoms with Crippen LogP contribution in [-0.4, -0.2) is 31.9 Å². The van der Waals surface area contributed by atoms with Crippen LogP contribution in [0.1, 0.15) is 10.4 Å². The molecule has 9 heteroatoms. The fourth-order valence-electron chi connectivity index (χ4n) is 2.01. The summed E-state index contributed by atoms with van der Waals surface area (Å²) in [5.41, 5.74) is 1.44. The van der Waals surface area contributed by atoms with E-state index < -0.39 is 5.76 Å². The normalized spacial score (nSPS) is 10.8. The van der Waals surface area contributed by atoms with Crippen molar-refractivity contribution >= 4 is 23.4 Å². The third kappa shape index (κ3) is 3.74. The molecule has 122 valence electrons. The average Bonchev–Trinajstić information content (AvgIpc) is 3.11. The molecule has 3 aromatic rings. The van der Waals surface area contributed by atoms with Crippen molar-refractivity contribution < 1.29 is 13.6 Å². The number of nitrogens with zero attached hydrogens (tertiary/aromatic N) is 4. The second kappa shape index (κ2) is 7.18. The highest BCUT2D eigenvalue weighted by Gasteiger charge is 2.13. The molecule has 24 heavy (non-hydrogen) atoms. The number of halogens is 2. The van der Waals surface area contributed by atoms with Crippen molar-refractivity contribution in [2.75, 3.05) is 5.32 Å². The predicted molar refractivity (Wildman–Crippen MR) is 85.4 cm³/mol. The third-order valence-electron chi connectivity index (χ3n) is 3.09. The number of nitrogens with one attached hydrogen (secondary N) is 1. The Morgan fingerprint density at radius 2 is 1.88 bits per heavy atom. The number of alkyl halides is 2. The lowest BCUT2D eigenvalue weighted by Gasteiger charge is -2.10. The van der Waals surface area contributed by atoms with E-state index in [9.17, 15) is 13.6 Å². The zero-order valence-corrected chi connectivity index (χ0v) is 13.0. The van der Waals surface area contributed by atoms with Crippen LogP contribution in [0, 0.1) is 0 Å². The lowest BCUT2D eigenvalue weighted by atomic mass is 10.2. The van der Waals surface area contributed by atoms with Crippen molar-refractivity contribution in [2.45, 2.75) is 10.7 Å². The highest BCUT2D eigenvalue weighted by atomic mass is 32.2. The van der Waals surface area contributed by atoms with Crippen molar-refractivity contribution in [1.82, 2.24) is 20.2 Å². The number of tetrazole rings is 1. The zero-order chi connectivity index (χ0) is 16.9. The van der Waals surface area contributed by atoms with Crippen molar-refractivity contribution in [3.8, 4) is 5.69 Å². The molecule has 0 atom stereocenters. The van der Waals surface area contributed by atoms with Crippen LogP contribution in [0.3, 0.4) is 0 Å². The Balaban J connectivity index is 1.76. The minimum atomic E-state index is -2.56. The summed E-state index contributed by atoms with van der Waals surface area (Å²) in [7, 11) is 0. The summed E-state index contributed by atoms with van der Waals surface area (Å²) in [6.45, 7) is 0. The van der Waals surface area contributed by atoms with E-state index in [1.807, 2.05) is 0 Å². The number of amides is 1. The second-order valence-electron chi connectivity index (χ2n) is 4.63. The van der Waals surface area contributed by atoms with E-state index in [-0.39, 0.29) is 5.91 Å². The lowest BCUT2D eigenvalue weighted by molar-refractivity contribution is 0.102. The van der Waals surface area contributed by atoms with Gasteiger partial charge in [-0.3, -0.25) is 4.79 Å². The predicted octanol–water partition coefficient (Wildman–Crippen LogP) is 3.23. The number of benzene rings is 2. The molecule has 1 amide bonds. The van der Waals surface area contributed by atoms with E-state index in [1.165, 1.54) is 17.1 Å². The van der Waals surface area contributed by atoms with Gasteiger partial charge < -0.3 is 5.32 Å². The fourth-order valence-corrected chi connectivity index (χ4v) is 2.60. The molecule has 2 aromatic carbocycles. The fraction of sp³-hybridized carbons (Fsp3) is 0.0667. The molecular formula is C15H11F2N5OS.